The molecule has 11 heteroatoms. The van der Waals surface area contributed by atoms with Crippen LogP contribution in [0.25, 0.3) is 5.57 Å². The molecule has 174 valence electrons. The zero-order valence-corrected chi connectivity index (χ0v) is 19.2. The van der Waals surface area contributed by atoms with Crippen LogP contribution in [0.15, 0.2) is 17.1 Å². The number of β-lactam (4-membered cyclic amide) rings is 1. The van der Waals surface area contributed by atoms with E-state index in [1.807, 2.05) is 5.38 Å². The topological polar surface area (TPSA) is 148 Å². The number of hydrogen-bond acceptors (Lipinski definition) is 8. The van der Waals surface area contributed by atoms with E-state index in [0.29, 0.717) is 17.6 Å². The maximum atomic E-state index is 12.9. The maximum Gasteiger partial charge on any atom is 0.358 e. The molecule has 10 nitrogen and oxygen atoms in total. The third kappa shape index (κ3) is 4.63. The van der Waals surface area contributed by atoms with Crippen molar-refractivity contribution >= 4 is 40.8 Å². The number of thiophene rings is 1. The molecule has 0 saturated carbocycles. The van der Waals surface area contributed by atoms with Crippen LogP contribution in [-0.4, -0.2) is 52.8 Å². The van der Waals surface area contributed by atoms with Crippen molar-refractivity contribution in [1.29, 1.82) is 0 Å². The van der Waals surface area contributed by atoms with Crippen LogP contribution in [0.3, 0.4) is 0 Å². The molecule has 4 N–H and O–H groups in total. The maximum absolute atomic E-state index is 12.9. The number of hydrogen-bond donors (Lipinski definition) is 3. The summed E-state index contributed by atoms with van der Waals surface area (Å²) in [6, 6.07) is 0.796. The zero-order chi connectivity index (χ0) is 23.8. The second-order valence-electron chi connectivity index (χ2n) is 8.82. The van der Waals surface area contributed by atoms with Crippen molar-refractivity contribution in [3.8, 4) is 0 Å². The van der Waals surface area contributed by atoms with Gasteiger partial charge < -0.3 is 30.5 Å². The van der Waals surface area contributed by atoms with Crippen molar-refractivity contribution in [2.75, 3.05) is 6.79 Å². The van der Waals surface area contributed by atoms with Crippen molar-refractivity contribution in [3.05, 3.63) is 27.6 Å². The fraction of sp³-hybridized carbons (Fsp3) is 0.524. The lowest BCUT2D eigenvalue weighted by Gasteiger charge is -2.44. The third-order valence-electron chi connectivity index (χ3n) is 5.35. The van der Waals surface area contributed by atoms with Gasteiger partial charge in [-0.05, 0) is 56.7 Å². The normalized spacial score (nSPS) is 21.0. The van der Waals surface area contributed by atoms with Gasteiger partial charge in [0.25, 0.3) is 0 Å². The fourth-order valence-electron chi connectivity index (χ4n) is 3.74. The summed E-state index contributed by atoms with van der Waals surface area (Å²) < 4.78 is 10.2. The van der Waals surface area contributed by atoms with Gasteiger partial charge >= 0.3 is 18.0 Å². The van der Waals surface area contributed by atoms with Gasteiger partial charge in [-0.25, -0.2) is 9.59 Å². The lowest BCUT2D eigenvalue weighted by Crippen LogP contribution is -2.61. The van der Waals surface area contributed by atoms with Gasteiger partial charge in [0.05, 0.1) is 30.0 Å². The number of urea groups is 1. The quantitative estimate of drug-likeness (QED) is 0.312. The number of nitrogens with one attached hydrogen (secondary N) is 1. The van der Waals surface area contributed by atoms with Crippen LogP contribution in [-0.2, 0) is 30.4 Å². The Hall–Kier alpha value is -2.92. The van der Waals surface area contributed by atoms with Crippen molar-refractivity contribution in [3.63, 3.8) is 0 Å². The highest BCUT2D eigenvalue weighted by Gasteiger charge is 2.57. The summed E-state index contributed by atoms with van der Waals surface area (Å²) in [7, 11) is 0. The van der Waals surface area contributed by atoms with Gasteiger partial charge in [0.15, 0.2) is 0 Å². The molecule has 1 fully saturated rings. The van der Waals surface area contributed by atoms with Crippen molar-refractivity contribution in [2.45, 2.75) is 52.8 Å². The van der Waals surface area contributed by atoms with E-state index in [4.69, 9.17) is 15.2 Å². The highest BCUT2D eigenvalue weighted by atomic mass is 32.1. The number of rotatable bonds is 7. The first-order valence-corrected chi connectivity index (χ1v) is 11.0. The summed E-state index contributed by atoms with van der Waals surface area (Å²) in [5.74, 6) is -2.28. The number of esters is 2. The molecular formula is C21H27N3O7S. The number of carbonyl (C=O) groups is 4. The number of nitrogens with zero attached hydrogens (tertiary/aromatic N) is 1. The minimum absolute atomic E-state index is 0.0796. The minimum Gasteiger partial charge on any atom is -0.427 e. The lowest BCUT2D eigenvalue weighted by atomic mass is 9.82. The Bertz CT molecular complexity index is 976. The van der Waals surface area contributed by atoms with Crippen LogP contribution < -0.4 is 11.1 Å². The van der Waals surface area contributed by atoms with Gasteiger partial charge in [0, 0.05) is 4.88 Å². The number of fused-ring (bicyclic) bond motifs is 1. The van der Waals surface area contributed by atoms with Crippen molar-refractivity contribution < 1.29 is 33.8 Å². The molecule has 2 aliphatic rings. The Balaban J connectivity index is 1.82. The zero-order valence-electron chi connectivity index (χ0n) is 18.3. The number of nitrogens with two attached hydrogens (primary N) is 1. The van der Waals surface area contributed by atoms with E-state index < -0.39 is 42.2 Å². The molecular weight excluding hydrogens is 438 g/mol. The first-order valence-electron chi connectivity index (χ1n) is 10.1. The molecule has 3 rings (SSSR count). The van der Waals surface area contributed by atoms with E-state index in [9.17, 15) is 24.3 Å². The molecule has 0 aromatic carbocycles. The number of primary amides is 1. The first-order chi connectivity index (χ1) is 14.9. The van der Waals surface area contributed by atoms with E-state index >= 15 is 0 Å². The summed E-state index contributed by atoms with van der Waals surface area (Å²) >= 11 is 1.37. The number of ether oxygens (including phenoxy) is 2. The molecule has 1 saturated heterocycles. The van der Waals surface area contributed by atoms with E-state index in [2.05, 4.69) is 5.32 Å². The third-order valence-corrected chi connectivity index (χ3v) is 6.29. The highest BCUT2D eigenvalue weighted by molar-refractivity contribution is 7.10. The van der Waals surface area contributed by atoms with E-state index in [1.165, 1.54) is 16.2 Å². The smallest absolute Gasteiger partial charge is 0.358 e. The monoisotopic (exact) mass is 465 g/mol. The van der Waals surface area contributed by atoms with E-state index in [-0.39, 0.29) is 24.2 Å². The number of aliphatic hydroxyl groups is 1. The Morgan fingerprint density at radius 1 is 1.34 bits per heavy atom. The predicted octanol–water partition coefficient (Wildman–Crippen LogP) is 1.33. The van der Waals surface area contributed by atoms with Gasteiger partial charge in [-0.1, -0.05) is 0 Å². The summed E-state index contributed by atoms with van der Waals surface area (Å²) in [4.78, 5) is 50.6. The second-order valence-corrected chi connectivity index (χ2v) is 9.82. The number of carbonyl (C=O) groups excluding carboxylic acids is 4. The molecule has 3 heterocycles. The average Bonchev–Trinajstić information content (AvgIpc) is 3.27. The van der Waals surface area contributed by atoms with Crippen LogP contribution in [0.5, 0.6) is 0 Å². The van der Waals surface area contributed by atoms with Crippen LogP contribution >= 0.6 is 11.3 Å². The molecule has 0 spiro atoms. The second kappa shape index (κ2) is 8.91. The molecule has 32 heavy (non-hydrogen) atoms. The molecule has 0 radical (unpaired) electrons. The largest absolute Gasteiger partial charge is 0.427 e. The Morgan fingerprint density at radius 3 is 2.62 bits per heavy atom. The Morgan fingerprint density at radius 2 is 2.03 bits per heavy atom. The van der Waals surface area contributed by atoms with Gasteiger partial charge in [-0.3, -0.25) is 9.59 Å². The molecule has 1 aromatic heterocycles. The van der Waals surface area contributed by atoms with Crippen LogP contribution in [0.4, 0.5) is 4.79 Å². The summed E-state index contributed by atoms with van der Waals surface area (Å²) in [6.45, 7) is 6.23. The van der Waals surface area contributed by atoms with Crippen LogP contribution in [0, 0.1) is 11.3 Å². The Kier molecular flexibility index (Phi) is 6.61. The molecule has 2 aliphatic heterocycles. The molecule has 3 atom stereocenters. The van der Waals surface area contributed by atoms with Gasteiger partial charge in [0.2, 0.25) is 12.7 Å². The SMILES string of the molecule is C[C@@H](O)[C@H]1C(=O)N2C(C(=O)OCOC(=O)C(C)(C)C)=C(c3csc(CNC(N)=O)c3)C[C@H]12. The summed E-state index contributed by atoms with van der Waals surface area (Å²) in [5.41, 5.74) is 5.75. The van der Waals surface area contributed by atoms with Crippen molar-refractivity contribution in [1.82, 2.24) is 10.2 Å². The fourth-order valence-corrected chi connectivity index (χ4v) is 4.58. The van der Waals surface area contributed by atoms with E-state index in [1.54, 1.807) is 33.8 Å². The summed E-state index contributed by atoms with van der Waals surface area (Å²) in [6.07, 6.45) is -0.488. The Labute approximate surface area is 189 Å². The standard InChI is InChI=1S/C21H27N3O7S/c1-10(25)15-14-6-13(11-5-12(32-8-11)7-23-20(22)29)16(24(14)17(15)26)18(27)30-9-31-19(28)21(2,3)4/h5,8,10,14-15,25H,6-7,9H2,1-4H3,(H3,22,23,29)/t10-,14-,15-/m1/s1. The lowest BCUT2D eigenvalue weighted by molar-refractivity contribution is -0.175. The first kappa shape index (κ1) is 23.7. The highest BCUT2D eigenvalue weighted by Crippen LogP contribution is 2.47. The van der Waals surface area contributed by atoms with Crippen LogP contribution in [0.2, 0.25) is 0 Å². The number of amides is 3. The summed E-state index contributed by atoms with van der Waals surface area (Å²) in [5, 5.41) is 14.3. The van der Waals surface area contributed by atoms with Gasteiger partial charge in [-0.2, -0.15) is 0 Å². The number of aliphatic hydroxyl groups excluding tert-OH is 1. The molecule has 3 amide bonds. The average molecular weight is 466 g/mol. The predicted molar refractivity (Wildman–Crippen MR) is 115 cm³/mol. The molecule has 0 unspecified atom stereocenters. The van der Waals surface area contributed by atoms with Crippen LogP contribution in [0.1, 0.15) is 44.6 Å². The van der Waals surface area contributed by atoms with Gasteiger partial charge in [-0.15, -0.1) is 11.3 Å². The minimum atomic E-state index is -0.856. The van der Waals surface area contributed by atoms with Crippen molar-refractivity contribution in [2.24, 2.45) is 17.1 Å². The molecule has 0 bridgehead atoms. The molecule has 0 aliphatic carbocycles. The van der Waals surface area contributed by atoms with Gasteiger partial charge in [0.1, 0.15) is 5.70 Å². The van der Waals surface area contributed by atoms with E-state index in [0.717, 1.165) is 4.88 Å². The molecule has 1 aromatic rings.